The number of hydrogen-bond acceptors (Lipinski definition) is 9. The maximum atomic E-state index is 13.1. The molecule has 1 saturated heterocycles. The first-order valence-corrected chi connectivity index (χ1v) is 12.8. The minimum Gasteiger partial charge on any atom is -0.508 e. The van der Waals surface area contributed by atoms with E-state index in [-0.39, 0.29) is 55.4 Å². The SMILES string of the molecule is COc1cnc(C(F)F)cc1-c1cc(-n2ccc(C)cc2=O)ncc1[C-]=O.N=[C-]SC(=N)C#CC1CCOCC1.[Ni+2]. The number of nitrogens with one attached hydrogen (secondary N) is 2. The van der Waals surface area contributed by atoms with E-state index in [2.05, 4.69) is 27.4 Å². The van der Waals surface area contributed by atoms with Crippen molar-refractivity contribution in [1.82, 2.24) is 14.5 Å². The molecule has 2 N–H and O–H groups in total. The first-order valence-electron chi connectivity index (χ1n) is 11.9. The van der Waals surface area contributed by atoms with Crippen molar-refractivity contribution in [1.29, 1.82) is 10.8 Å². The number of hydrogen-bond donors (Lipinski definition) is 2. The minimum atomic E-state index is -2.79. The Morgan fingerprint density at radius 3 is 2.56 bits per heavy atom. The molecule has 41 heavy (non-hydrogen) atoms. The third kappa shape index (κ3) is 9.42. The van der Waals surface area contributed by atoms with Gasteiger partial charge in [0.1, 0.15) is 22.3 Å². The van der Waals surface area contributed by atoms with Gasteiger partial charge in [-0.3, -0.25) is 31.5 Å². The van der Waals surface area contributed by atoms with Crippen molar-refractivity contribution in [2.45, 2.75) is 26.2 Å². The van der Waals surface area contributed by atoms with Gasteiger partial charge >= 0.3 is 16.5 Å². The minimum absolute atomic E-state index is 0. The number of alkyl halides is 2. The van der Waals surface area contributed by atoms with Gasteiger partial charge in [-0.05, 0) is 48.9 Å². The van der Waals surface area contributed by atoms with Gasteiger partial charge in [0, 0.05) is 31.4 Å². The second-order valence-corrected chi connectivity index (χ2v) is 9.22. The molecule has 0 saturated carbocycles. The van der Waals surface area contributed by atoms with E-state index < -0.39 is 12.1 Å². The molecule has 0 bridgehead atoms. The Kier molecular flexibility index (Phi) is 13.5. The molecule has 4 heterocycles. The van der Waals surface area contributed by atoms with Crippen LogP contribution in [0.15, 0.2) is 47.7 Å². The molecule has 0 amide bonds. The summed E-state index contributed by atoms with van der Waals surface area (Å²) < 4.78 is 37.8. The van der Waals surface area contributed by atoms with Crippen LogP contribution in [0.25, 0.3) is 16.9 Å². The second-order valence-electron chi connectivity index (χ2n) is 8.40. The number of thioether (sulfide) groups is 1. The molecule has 3 aromatic heterocycles. The summed E-state index contributed by atoms with van der Waals surface area (Å²) in [6.45, 7) is 3.33. The summed E-state index contributed by atoms with van der Waals surface area (Å²) in [6.07, 6.45) is 4.78. The Morgan fingerprint density at radius 2 is 1.95 bits per heavy atom. The van der Waals surface area contributed by atoms with Crippen LogP contribution in [0.3, 0.4) is 0 Å². The van der Waals surface area contributed by atoms with E-state index in [1.807, 2.05) is 0 Å². The van der Waals surface area contributed by atoms with Gasteiger partial charge in [-0.25, -0.2) is 8.78 Å². The second kappa shape index (κ2) is 16.5. The quantitative estimate of drug-likeness (QED) is 0.135. The number of methoxy groups -OCH3 is 1. The Hall–Kier alpha value is -3.72. The van der Waals surface area contributed by atoms with Crippen LogP contribution in [0.2, 0.25) is 0 Å². The number of ether oxygens (including phenoxy) is 2. The molecule has 0 aromatic carbocycles. The van der Waals surface area contributed by atoms with Crippen LogP contribution >= 0.6 is 11.8 Å². The van der Waals surface area contributed by atoms with Gasteiger partial charge in [-0.1, -0.05) is 18.2 Å². The van der Waals surface area contributed by atoms with Crippen molar-refractivity contribution < 1.29 is 39.5 Å². The first-order chi connectivity index (χ1) is 19.3. The van der Waals surface area contributed by atoms with E-state index in [0.717, 1.165) is 55.6 Å². The molecule has 1 fully saturated rings. The van der Waals surface area contributed by atoms with Gasteiger partial charge in [0.05, 0.1) is 19.6 Å². The number of aryl methyl sites for hydroxylation is 1. The molecule has 4 rings (SSSR count). The molecule has 0 radical (unpaired) electrons. The fraction of sp³-hybridized carbons (Fsp3) is 0.286. The van der Waals surface area contributed by atoms with Gasteiger partial charge in [-0.2, -0.15) is 0 Å². The molecule has 9 nitrogen and oxygen atoms in total. The number of rotatable bonds is 6. The Morgan fingerprint density at radius 1 is 1.22 bits per heavy atom. The van der Waals surface area contributed by atoms with E-state index in [0.29, 0.717) is 5.92 Å². The van der Waals surface area contributed by atoms with Crippen LogP contribution in [-0.2, 0) is 26.0 Å². The predicted octanol–water partition coefficient (Wildman–Crippen LogP) is 4.62. The van der Waals surface area contributed by atoms with E-state index in [1.54, 1.807) is 25.5 Å². The summed E-state index contributed by atoms with van der Waals surface area (Å²) in [5, 5.41) is 14.1. The summed E-state index contributed by atoms with van der Waals surface area (Å²) in [6, 6.07) is 5.75. The van der Waals surface area contributed by atoms with Crippen LogP contribution in [-0.4, -0.2) is 51.7 Å². The third-order valence-corrected chi connectivity index (χ3v) is 6.12. The van der Waals surface area contributed by atoms with E-state index in [9.17, 15) is 18.4 Å². The Balaban J connectivity index is 0.000000355. The Bertz CT molecular complexity index is 1500. The number of halogens is 2. The van der Waals surface area contributed by atoms with Crippen LogP contribution in [0.1, 0.15) is 36.1 Å². The number of nitrogens with zero attached hydrogens (tertiary/aromatic N) is 3. The van der Waals surface area contributed by atoms with Crippen LogP contribution in [0.5, 0.6) is 5.75 Å². The Labute approximate surface area is 250 Å². The summed E-state index contributed by atoms with van der Waals surface area (Å²) in [5.74, 6) is 6.51. The zero-order chi connectivity index (χ0) is 29.1. The standard InChI is InChI=1S/C19H14F2N3O3.C9H11N2OS.Ni/c1-11-3-4-24(18(26)5-11)17-7-13(12(10-25)8-23-17)14-6-15(19(20)21)22-9-16(14)27-2;10-7-13-9(11)2-1-8-3-5-12-6-4-8;/h3-9,19H,1-2H3;8,10-11H,3-6H2;/q2*-1;+2. The van der Waals surface area contributed by atoms with Gasteiger partial charge in [-0.15, -0.1) is 11.1 Å². The molecule has 0 spiro atoms. The number of aromatic nitrogens is 3. The van der Waals surface area contributed by atoms with Crippen molar-refractivity contribution >= 4 is 28.6 Å². The molecule has 0 aliphatic carbocycles. The van der Waals surface area contributed by atoms with Crippen molar-refractivity contribution in [2.75, 3.05) is 20.3 Å². The fourth-order valence-electron chi connectivity index (χ4n) is 3.69. The van der Waals surface area contributed by atoms with Crippen molar-refractivity contribution in [2.24, 2.45) is 5.92 Å². The van der Waals surface area contributed by atoms with Crippen LogP contribution in [0.4, 0.5) is 8.78 Å². The van der Waals surface area contributed by atoms with Crippen molar-refractivity contribution in [3.8, 4) is 34.5 Å². The first kappa shape index (κ1) is 33.5. The molecule has 3 aromatic rings. The normalized spacial score (nSPS) is 12.6. The maximum absolute atomic E-state index is 13.1. The summed E-state index contributed by atoms with van der Waals surface area (Å²) in [4.78, 5) is 31.3. The number of pyridine rings is 3. The van der Waals surface area contributed by atoms with Gasteiger partial charge < -0.3 is 30.2 Å². The number of carbonyl (C=O) groups excluding carboxylic acids is 1. The maximum Gasteiger partial charge on any atom is 2.00 e. The monoisotopic (exact) mass is 623 g/mol. The van der Waals surface area contributed by atoms with Gasteiger partial charge in [0.25, 0.3) is 12.0 Å². The van der Waals surface area contributed by atoms with Crippen molar-refractivity contribution in [3.63, 3.8) is 0 Å². The average Bonchev–Trinajstić information content (AvgIpc) is 2.96. The molecular weight excluding hydrogens is 599 g/mol. The van der Waals surface area contributed by atoms with E-state index in [4.69, 9.17) is 20.3 Å². The molecular formula is C28H25F2N5NiO4S. The largest absolute Gasteiger partial charge is 2.00 e. The topological polar surface area (TPSA) is 131 Å². The molecule has 0 atom stereocenters. The molecule has 1 aliphatic rings. The smallest absolute Gasteiger partial charge is 0.508 e. The predicted molar refractivity (Wildman–Crippen MR) is 148 cm³/mol. The van der Waals surface area contributed by atoms with E-state index >= 15 is 0 Å². The zero-order valence-electron chi connectivity index (χ0n) is 22.0. The van der Waals surface area contributed by atoms with E-state index in [1.165, 1.54) is 30.0 Å². The van der Waals surface area contributed by atoms with Crippen molar-refractivity contribution in [3.05, 3.63) is 70.0 Å². The molecule has 216 valence electrons. The fourth-order valence-corrected chi connectivity index (χ4v) is 3.90. The zero-order valence-corrected chi connectivity index (χ0v) is 23.8. The molecule has 0 unspecified atom stereocenters. The van der Waals surface area contributed by atoms with Gasteiger partial charge in [0.15, 0.2) is 0 Å². The summed E-state index contributed by atoms with van der Waals surface area (Å²) in [7, 11) is 1.36. The summed E-state index contributed by atoms with van der Waals surface area (Å²) >= 11 is 0.915. The van der Waals surface area contributed by atoms with Crippen LogP contribution in [0, 0.1) is 35.5 Å². The van der Waals surface area contributed by atoms with Gasteiger partial charge in [0.2, 0.25) is 0 Å². The summed E-state index contributed by atoms with van der Waals surface area (Å²) in [5.41, 5.74) is 2.60. The average molecular weight is 624 g/mol. The molecule has 1 aliphatic heterocycles. The molecule has 13 heteroatoms. The van der Waals surface area contributed by atoms with Crippen LogP contribution < -0.4 is 10.3 Å². The third-order valence-electron chi connectivity index (χ3n) is 5.71.